The van der Waals surface area contributed by atoms with Gasteiger partial charge in [0.15, 0.2) is 0 Å². The predicted octanol–water partition coefficient (Wildman–Crippen LogP) is 1.08. The number of allylic oxidation sites excluding steroid dienone is 1. The van der Waals surface area contributed by atoms with Crippen LogP contribution < -0.4 is 0 Å². The summed E-state index contributed by atoms with van der Waals surface area (Å²) in [6.45, 7) is 3.59. The summed E-state index contributed by atoms with van der Waals surface area (Å²) in [6.07, 6.45) is 1.99. The first-order valence-corrected chi connectivity index (χ1v) is 4.44. The zero-order valence-corrected chi connectivity index (χ0v) is 5.11. The topological polar surface area (TPSA) is 0 Å². The molecule has 0 unspecified atom stereocenters. The number of hydrogen-bond acceptors (Lipinski definition) is 0. The van der Waals surface area contributed by atoms with E-state index in [-0.39, 0.29) is 0 Å². The molecular formula is C4H9Al. The van der Waals surface area contributed by atoms with Crippen LogP contribution in [0.3, 0.4) is 0 Å². The van der Waals surface area contributed by atoms with Gasteiger partial charge >= 0.3 is 0 Å². The van der Waals surface area contributed by atoms with Gasteiger partial charge in [0.05, 0.1) is 0 Å². The van der Waals surface area contributed by atoms with Crippen LogP contribution >= 0.6 is 0 Å². The van der Waals surface area contributed by atoms with E-state index in [1.807, 2.05) is 6.08 Å². The Labute approximate surface area is 39.6 Å². The molecule has 0 aliphatic carbocycles. The van der Waals surface area contributed by atoms with Gasteiger partial charge in [0.25, 0.3) is 0 Å². The molecule has 0 saturated carbocycles. The lowest BCUT2D eigenvalue weighted by atomic mass is 10.8. The maximum absolute atomic E-state index is 3.59. The fraction of sp³-hybridized carbons (Fsp3) is 0.500. The number of rotatable bonds is 2. The minimum absolute atomic E-state index is 0.296. The molecule has 0 bridgehead atoms. The van der Waals surface area contributed by atoms with Crippen molar-refractivity contribution < 1.29 is 0 Å². The van der Waals surface area contributed by atoms with Gasteiger partial charge in [-0.25, -0.2) is 0 Å². The highest BCUT2D eigenvalue weighted by molar-refractivity contribution is 6.34. The molecule has 0 rings (SSSR count). The van der Waals surface area contributed by atoms with Crippen LogP contribution in [0.1, 0.15) is 0 Å². The predicted molar refractivity (Wildman–Crippen MR) is 28.0 cm³/mol. The van der Waals surface area contributed by atoms with Crippen LogP contribution in [0, 0.1) is 0 Å². The first kappa shape index (κ1) is 5.27. The van der Waals surface area contributed by atoms with Crippen LogP contribution in [-0.2, 0) is 0 Å². The standard InChI is InChI=1S/C3H5.CH3.Al.H/c1-3-2;;;/h3H,1-2H2;1H3;;. The fourth-order valence-electron chi connectivity index (χ4n) is 0.204. The average Bonchev–Trinajstić information content (AvgIpc) is 1.41. The monoisotopic (exact) mass is 84.1 g/mol. The summed E-state index contributed by atoms with van der Waals surface area (Å²) in [7, 11) is 0. The molecule has 0 aliphatic heterocycles. The Morgan fingerprint density at radius 2 is 2.60 bits per heavy atom. The van der Waals surface area contributed by atoms with E-state index < -0.39 is 0 Å². The molecule has 0 N–H and O–H groups in total. The van der Waals surface area contributed by atoms with Crippen LogP contribution in [0.4, 0.5) is 0 Å². The molecule has 0 fully saturated rings. The van der Waals surface area contributed by atoms with Gasteiger partial charge in [0, 0.05) is 0 Å². The molecule has 0 nitrogen and oxygen atoms in total. The third kappa shape index (κ3) is 4.27. The largest absolute Gasteiger partial charge is 0.238 e. The first-order chi connectivity index (χ1) is 2.41. The molecular weight excluding hydrogens is 75.0 g/mol. The second kappa shape index (κ2) is 4.27. The van der Waals surface area contributed by atoms with Gasteiger partial charge in [0.1, 0.15) is 0 Å². The molecule has 0 heterocycles. The Balaban J connectivity index is 2.40. The highest BCUT2D eigenvalue weighted by Crippen LogP contribution is 1.72. The molecule has 0 saturated heterocycles. The maximum atomic E-state index is 3.59. The second-order valence-corrected chi connectivity index (χ2v) is 2.65. The van der Waals surface area contributed by atoms with Gasteiger partial charge in [-0.15, -0.1) is 18.4 Å². The van der Waals surface area contributed by atoms with Crippen molar-refractivity contribution in [3.8, 4) is 0 Å². The summed E-state index contributed by atoms with van der Waals surface area (Å²) in [4.78, 5) is 0. The van der Waals surface area contributed by atoms with E-state index in [0.717, 1.165) is 0 Å². The minimum Gasteiger partial charge on any atom is -0.109 e. The van der Waals surface area contributed by atoms with Gasteiger partial charge in [-0.05, 0) is 0 Å². The van der Waals surface area contributed by atoms with Crippen LogP contribution in [0.5, 0.6) is 0 Å². The highest BCUT2D eigenvalue weighted by atomic mass is 27.1. The van der Waals surface area contributed by atoms with Crippen molar-refractivity contribution in [2.75, 3.05) is 0 Å². The van der Waals surface area contributed by atoms with Crippen LogP contribution in [0.25, 0.3) is 0 Å². The van der Waals surface area contributed by atoms with Crippen molar-refractivity contribution in [1.29, 1.82) is 0 Å². The van der Waals surface area contributed by atoms with Gasteiger partial charge < -0.3 is 0 Å². The highest BCUT2D eigenvalue weighted by Gasteiger charge is 1.69. The first-order valence-electron chi connectivity index (χ1n) is 2.02. The Morgan fingerprint density at radius 1 is 2.00 bits per heavy atom. The zero-order chi connectivity index (χ0) is 4.12. The van der Waals surface area contributed by atoms with Crippen LogP contribution in [-0.4, -0.2) is 15.2 Å². The SMILES string of the molecule is C=C[CH2][AlH][CH3]. The molecule has 0 aromatic rings. The minimum atomic E-state index is 0.296. The molecule has 0 radical (unpaired) electrons. The summed E-state index contributed by atoms with van der Waals surface area (Å²) in [5.74, 6) is 2.28. The molecule has 0 aromatic heterocycles. The summed E-state index contributed by atoms with van der Waals surface area (Å²) in [6, 6.07) is 0. The Hall–Kier alpha value is 0.272. The summed E-state index contributed by atoms with van der Waals surface area (Å²) in [5.41, 5.74) is 0. The Kier molecular flexibility index (Phi) is 4.51. The van der Waals surface area contributed by atoms with Gasteiger partial charge in [0.2, 0.25) is 15.2 Å². The summed E-state index contributed by atoms with van der Waals surface area (Å²) >= 11 is 0.296. The second-order valence-electron chi connectivity index (χ2n) is 1.08. The Morgan fingerprint density at radius 3 is 2.60 bits per heavy atom. The molecule has 5 heavy (non-hydrogen) atoms. The normalized spacial score (nSPS) is 6.60. The van der Waals surface area contributed by atoms with E-state index in [9.17, 15) is 0 Å². The third-order valence-electron chi connectivity index (χ3n) is 0.493. The van der Waals surface area contributed by atoms with Crippen molar-refractivity contribution in [3.05, 3.63) is 12.7 Å². The average molecular weight is 84.1 g/mol. The Bertz CT molecular complexity index is 24.8. The van der Waals surface area contributed by atoms with Crippen LogP contribution in [0.15, 0.2) is 12.7 Å². The molecule has 1 heteroatoms. The smallest absolute Gasteiger partial charge is 0.109 e. The molecule has 0 aromatic carbocycles. The van der Waals surface area contributed by atoms with Gasteiger partial charge in [-0.1, -0.05) is 5.28 Å². The fourth-order valence-corrected chi connectivity index (χ4v) is 0.612. The maximum Gasteiger partial charge on any atom is 0.238 e. The van der Waals surface area contributed by atoms with Gasteiger partial charge in [-0.2, -0.15) is 0 Å². The van der Waals surface area contributed by atoms with E-state index in [1.165, 1.54) is 5.28 Å². The quantitative estimate of drug-likeness (QED) is 0.347. The van der Waals surface area contributed by atoms with E-state index in [0.29, 0.717) is 15.2 Å². The molecule has 28 valence electrons. The third-order valence-corrected chi connectivity index (χ3v) is 1.48. The molecule has 0 atom stereocenters. The van der Waals surface area contributed by atoms with E-state index in [2.05, 4.69) is 12.4 Å². The lowest BCUT2D eigenvalue weighted by molar-refractivity contribution is 1.71. The van der Waals surface area contributed by atoms with Crippen molar-refractivity contribution >= 4 is 15.2 Å². The lowest BCUT2D eigenvalue weighted by Crippen LogP contribution is -1.69. The van der Waals surface area contributed by atoms with Crippen molar-refractivity contribution in [3.63, 3.8) is 0 Å². The van der Waals surface area contributed by atoms with Crippen molar-refractivity contribution in [2.45, 2.75) is 11.1 Å². The van der Waals surface area contributed by atoms with E-state index in [4.69, 9.17) is 0 Å². The molecule has 0 spiro atoms. The molecule has 0 aliphatic rings. The summed E-state index contributed by atoms with van der Waals surface area (Å²) in [5, 5.41) is 1.29. The van der Waals surface area contributed by atoms with Crippen molar-refractivity contribution in [1.82, 2.24) is 0 Å². The van der Waals surface area contributed by atoms with Crippen molar-refractivity contribution in [2.24, 2.45) is 0 Å². The van der Waals surface area contributed by atoms with E-state index in [1.54, 1.807) is 0 Å². The van der Waals surface area contributed by atoms with E-state index >= 15 is 0 Å². The number of hydrogen-bond donors (Lipinski definition) is 0. The van der Waals surface area contributed by atoms with Crippen LogP contribution in [0.2, 0.25) is 11.1 Å². The zero-order valence-electron chi connectivity index (χ0n) is 3.70. The molecule has 0 amide bonds. The lowest BCUT2D eigenvalue weighted by Gasteiger charge is -1.67. The summed E-state index contributed by atoms with van der Waals surface area (Å²) < 4.78 is 0. The van der Waals surface area contributed by atoms with Gasteiger partial charge in [-0.3, -0.25) is 0 Å².